The molecular formula is C13H18N2O3. The second-order valence-electron chi connectivity index (χ2n) is 4.43. The minimum absolute atomic E-state index is 0.0370. The van der Waals surface area contributed by atoms with Gasteiger partial charge in [0, 0.05) is 31.7 Å². The smallest absolute Gasteiger partial charge is 0.257 e. The van der Waals surface area contributed by atoms with Crippen molar-refractivity contribution in [1.29, 1.82) is 0 Å². The van der Waals surface area contributed by atoms with E-state index >= 15 is 0 Å². The van der Waals surface area contributed by atoms with Crippen LogP contribution in [0.15, 0.2) is 18.2 Å². The van der Waals surface area contributed by atoms with Crippen LogP contribution in [-0.4, -0.2) is 48.7 Å². The fraction of sp³-hybridized carbons (Fsp3) is 0.462. The maximum absolute atomic E-state index is 12.3. The number of hydrogen-bond acceptors (Lipinski definition) is 4. The maximum atomic E-state index is 12.3. The highest BCUT2D eigenvalue weighted by atomic mass is 16.5. The quantitative estimate of drug-likeness (QED) is 0.816. The number of rotatable bonds is 2. The number of benzene rings is 1. The van der Waals surface area contributed by atoms with Crippen LogP contribution in [0, 0.1) is 0 Å². The average Bonchev–Trinajstić information content (AvgIpc) is 2.38. The van der Waals surface area contributed by atoms with Gasteiger partial charge in [-0.05, 0) is 19.1 Å². The fourth-order valence-corrected chi connectivity index (χ4v) is 2.12. The van der Waals surface area contributed by atoms with E-state index in [1.165, 1.54) is 13.2 Å². The third-order valence-corrected chi connectivity index (χ3v) is 3.20. The summed E-state index contributed by atoms with van der Waals surface area (Å²) in [7, 11) is 1.52. The van der Waals surface area contributed by atoms with Crippen molar-refractivity contribution >= 4 is 5.91 Å². The summed E-state index contributed by atoms with van der Waals surface area (Å²) < 4.78 is 5.00. The number of aromatic hydroxyl groups is 1. The Balaban J connectivity index is 2.22. The van der Waals surface area contributed by atoms with Crippen molar-refractivity contribution in [2.75, 3.05) is 26.7 Å². The lowest BCUT2D eigenvalue weighted by Gasteiger charge is -2.34. The number of carbonyl (C=O) groups excluding carboxylic acids is 1. The molecule has 0 radical (unpaired) electrons. The Morgan fingerprint density at radius 1 is 1.56 bits per heavy atom. The molecule has 0 bridgehead atoms. The van der Waals surface area contributed by atoms with E-state index in [1.54, 1.807) is 17.0 Å². The van der Waals surface area contributed by atoms with E-state index in [4.69, 9.17) is 4.74 Å². The standard InChI is InChI=1S/C13H18N2O3/c1-9-8-14-5-6-15(9)13(17)11-4-3-10(18-2)7-12(11)16/h3-4,7,9,14,16H,5-6,8H2,1-2H3. The normalized spacial score (nSPS) is 19.7. The summed E-state index contributed by atoms with van der Waals surface area (Å²) in [4.78, 5) is 14.1. The van der Waals surface area contributed by atoms with Gasteiger partial charge in [-0.15, -0.1) is 0 Å². The minimum Gasteiger partial charge on any atom is -0.507 e. The summed E-state index contributed by atoms with van der Waals surface area (Å²) in [6, 6.07) is 4.87. The van der Waals surface area contributed by atoms with Crippen LogP contribution < -0.4 is 10.1 Å². The lowest BCUT2D eigenvalue weighted by Crippen LogP contribution is -2.52. The number of carbonyl (C=O) groups is 1. The summed E-state index contributed by atoms with van der Waals surface area (Å²) in [5.41, 5.74) is 0.324. The van der Waals surface area contributed by atoms with E-state index in [1.807, 2.05) is 6.92 Å². The largest absolute Gasteiger partial charge is 0.507 e. The Hall–Kier alpha value is -1.75. The molecule has 18 heavy (non-hydrogen) atoms. The first kappa shape index (κ1) is 12.7. The molecule has 1 saturated heterocycles. The number of hydrogen-bond donors (Lipinski definition) is 2. The number of ether oxygens (including phenoxy) is 1. The van der Waals surface area contributed by atoms with Gasteiger partial charge in [-0.1, -0.05) is 0 Å². The number of methoxy groups -OCH3 is 1. The molecule has 1 aliphatic heterocycles. The molecule has 1 aromatic carbocycles. The molecule has 0 aromatic heterocycles. The number of nitrogens with one attached hydrogen (secondary N) is 1. The van der Waals surface area contributed by atoms with Gasteiger partial charge in [-0.2, -0.15) is 0 Å². The molecule has 1 atom stereocenters. The molecule has 0 saturated carbocycles. The van der Waals surface area contributed by atoms with Gasteiger partial charge in [-0.3, -0.25) is 4.79 Å². The maximum Gasteiger partial charge on any atom is 0.257 e. The SMILES string of the molecule is COc1ccc(C(=O)N2CCNCC2C)c(O)c1. The van der Waals surface area contributed by atoms with E-state index in [0.717, 1.165) is 13.1 Å². The molecule has 1 fully saturated rings. The fourth-order valence-electron chi connectivity index (χ4n) is 2.12. The number of phenols is 1. The third-order valence-electron chi connectivity index (χ3n) is 3.20. The highest BCUT2D eigenvalue weighted by molar-refractivity contribution is 5.97. The molecule has 1 aromatic rings. The van der Waals surface area contributed by atoms with E-state index in [2.05, 4.69) is 5.32 Å². The van der Waals surface area contributed by atoms with Crippen molar-refractivity contribution in [3.05, 3.63) is 23.8 Å². The highest BCUT2D eigenvalue weighted by Crippen LogP contribution is 2.25. The van der Waals surface area contributed by atoms with Gasteiger partial charge < -0.3 is 20.1 Å². The zero-order chi connectivity index (χ0) is 13.1. The summed E-state index contributed by atoms with van der Waals surface area (Å²) in [6.45, 7) is 4.21. The molecule has 98 valence electrons. The zero-order valence-electron chi connectivity index (χ0n) is 10.6. The van der Waals surface area contributed by atoms with Crippen LogP contribution in [0.2, 0.25) is 0 Å². The molecule has 1 heterocycles. The van der Waals surface area contributed by atoms with Gasteiger partial charge >= 0.3 is 0 Å². The van der Waals surface area contributed by atoms with Gasteiger partial charge in [0.25, 0.3) is 5.91 Å². The molecule has 5 heteroatoms. The first-order valence-electron chi connectivity index (χ1n) is 6.02. The Kier molecular flexibility index (Phi) is 3.72. The molecule has 2 rings (SSSR count). The molecule has 5 nitrogen and oxygen atoms in total. The molecule has 0 aliphatic carbocycles. The van der Waals surface area contributed by atoms with Crippen molar-refractivity contribution in [3.8, 4) is 11.5 Å². The van der Waals surface area contributed by atoms with Crippen LogP contribution in [-0.2, 0) is 0 Å². The van der Waals surface area contributed by atoms with Gasteiger partial charge in [0.1, 0.15) is 11.5 Å². The van der Waals surface area contributed by atoms with E-state index in [-0.39, 0.29) is 17.7 Å². The second-order valence-corrected chi connectivity index (χ2v) is 4.43. The summed E-state index contributed by atoms with van der Waals surface area (Å²) >= 11 is 0. The number of amides is 1. The molecule has 1 amide bonds. The second kappa shape index (κ2) is 5.27. The third kappa shape index (κ3) is 2.41. The Labute approximate surface area is 106 Å². The van der Waals surface area contributed by atoms with E-state index < -0.39 is 0 Å². The topological polar surface area (TPSA) is 61.8 Å². The van der Waals surface area contributed by atoms with Gasteiger partial charge in [0.15, 0.2) is 0 Å². The summed E-state index contributed by atoms with van der Waals surface area (Å²) in [5.74, 6) is 0.367. The predicted octanol–water partition coefficient (Wildman–Crippen LogP) is 0.835. The van der Waals surface area contributed by atoms with Gasteiger partial charge in [0.2, 0.25) is 0 Å². The van der Waals surface area contributed by atoms with Gasteiger partial charge in [-0.25, -0.2) is 0 Å². The van der Waals surface area contributed by atoms with Crippen LogP contribution in [0.5, 0.6) is 11.5 Å². The molecule has 1 unspecified atom stereocenters. The average molecular weight is 250 g/mol. The lowest BCUT2D eigenvalue weighted by molar-refractivity contribution is 0.0652. The monoisotopic (exact) mass is 250 g/mol. The summed E-state index contributed by atoms with van der Waals surface area (Å²) in [6.07, 6.45) is 0. The van der Waals surface area contributed by atoms with Crippen molar-refractivity contribution < 1.29 is 14.6 Å². The molecule has 2 N–H and O–H groups in total. The number of phenolic OH excluding ortho intramolecular Hbond substituents is 1. The van der Waals surface area contributed by atoms with Crippen molar-refractivity contribution in [2.45, 2.75) is 13.0 Å². The van der Waals surface area contributed by atoms with Crippen LogP contribution in [0.4, 0.5) is 0 Å². The Morgan fingerprint density at radius 3 is 2.94 bits per heavy atom. The lowest BCUT2D eigenvalue weighted by atomic mass is 10.1. The van der Waals surface area contributed by atoms with Crippen LogP contribution >= 0.6 is 0 Å². The first-order chi connectivity index (χ1) is 8.63. The predicted molar refractivity (Wildman–Crippen MR) is 68.0 cm³/mol. The molecule has 1 aliphatic rings. The van der Waals surface area contributed by atoms with E-state index in [9.17, 15) is 9.90 Å². The Morgan fingerprint density at radius 2 is 2.33 bits per heavy atom. The van der Waals surface area contributed by atoms with Gasteiger partial charge in [0.05, 0.1) is 12.7 Å². The van der Waals surface area contributed by atoms with Crippen LogP contribution in [0.1, 0.15) is 17.3 Å². The van der Waals surface area contributed by atoms with Crippen LogP contribution in [0.3, 0.4) is 0 Å². The Bertz CT molecular complexity index is 448. The van der Waals surface area contributed by atoms with E-state index in [0.29, 0.717) is 17.9 Å². The zero-order valence-corrected chi connectivity index (χ0v) is 10.6. The minimum atomic E-state index is -0.135. The highest BCUT2D eigenvalue weighted by Gasteiger charge is 2.25. The molecule has 0 spiro atoms. The molecular weight excluding hydrogens is 232 g/mol. The first-order valence-corrected chi connectivity index (χ1v) is 6.02. The van der Waals surface area contributed by atoms with Crippen molar-refractivity contribution in [3.63, 3.8) is 0 Å². The summed E-state index contributed by atoms with van der Waals surface area (Å²) in [5, 5.41) is 13.1. The number of nitrogens with zero attached hydrogens (tertiary/aromatic N) is 1. The van der Waals surface area contributed by atoms with Crippen LogP contribution in [0.25, 0.3) is 0 Å². The van der Waals surface area contributed by atoms with Crippen molar-refractivity contribution in [1.82, 2.24) is 10.2 Å². The number of piperazine rings is 1. The van der Waals surface area contributed by atoms with Crippen molar-refractivity contribution in [2.24, 2.45) is 0 Å².